The van der Waals surface area contributed by atoms with Crippen LogP contribution in [0.25, 0.3) is 0 Å². The molecule has 1 aromatic rings. The molecule has 268 valence electrons. The van der Waals surface area contributed by atoms with Crippen LogP contribution in [0, 0.1) is 11.8 Å². The van der Waals surface area contributed by atoms with Gasteiger partial charge in [-0.05, 0) is 62.3 Å². The minimum atomic E-state index is -1.22. The summed E-state index contributed by atoms with van der Waals surface area (Å²) in [5.74, 6) is -1.73. The molecule has 0 aromatic heterocycles. The average Bonchev–Trinajstić information content (AvgIpc) is 3.04. The van der Waals surface area contributed by atoms with E-state index in [9.17, 15) is 29.1 Å². The summed E-state index contributed by atoms with van der Waals surface area (Å²) >= 11 is 0. The second-order valence-electron chi connectivity index (χ2n) is 14.8. The van der Waals surface area contributed by atoms with Crippen molar-refractivity contribution >= 4 is 29.5 Å². The molecule has 0 bridgehead atoms. The number of amides is 5. The molecule has 2 saturated carbocycles. The van der Waals surface area contributed by atoms with Crippen molar-refractivity contribution in [1.29, 1.82) is 0 Å². The number of carbonyl (C=O) groups is 5. The van der Waals surface area contributed by atoms with Gasteiger partial charge >= 0.3 is 0 Å². The molecule has 3 rings (SSSR count). The molecule has 2 fully saturated rings. The van der Waals surface area contributed by atoms with Crippen molar-refractivity contribution < 1.29 is 29.1 Å². The van der Waals surface area contributed by atoms with E-state index in [0.29, 0.717) is 44.9 Å². The number of hydrogen-bond acceptors (Lipinski definition) is 6. The lowest BCUT2D eigenvalue weighted by molar-refractivity contribution is -0.140. The molecule has 2 aliphatic rings. The Morgan fingerprint density at radius 1 is 0.667 bits per heavy atom. The van der Waals surface area contributed by atoms with E-state index >= 15 is 0 Å². The first-order valence-electron chi connectivity index (χ1n) is 18.0. The third-order valence-corrected chi connectivity index (χ3v) is 9.62. The molecule has 5 amide bonds. The van der Waals surface area contributed by atoms with Crippen molar-refractivity contribution in [2.45, 2.75) is 147 Å². The Labute approximate surface area is 286 Å². The molecule has 0 unspecified atom stereocenters. The predicted octanol–water partition coefficient (Wildman–Crippen LogP) is 3.43. The minimum absolute atomic E-state index is 0.0499. The second-order valence-corrected chi connectivity index (χ2v) is 14.8. The zero-order chi connectivity index (χ0) is 35.3. The van der Waals surface area contributed by atoms with Crippen LogP contribution in [0.3, 0.4) is 0 Å². The molecule has 0 radical (unpaired) electrons. The fourth-order valence-corrected chi connectivity index (χ4v) is 7.11. The summed E-state index contributed by atoms with van der Waals surface area (Å²) in [7, 11) is 0. The Hall–Kier alpha value is -3.47. The topological polar surface area (TPSA) is 166 Å². The maximum atomic E-state index is 14.2. The molecular weight excluding hydrogens is 610 g/mol. The first-order chi connectivity index (χ1) is 22.8. The number of hydrogen-bond donors (Lipinski definition) is 6. The van der Waals surface area contributed by atoms with Gasteiger partial charge in [-0.25, -0.2) is 0 Å². The Morgan fingerprint density at radius 3 is 1.52 bits per heavy atom. The first-order valence-corrected chi connectivity index (χ1v) is 18.0. The van der Waals surface area contributed by atoms with Crippen LogP contribution < -0.4 is 26.6 Å². The van der Waals surface area contributed by atoms with Gasteiger partial charge in [-0.15, -0.1) is 0 Å². The SMILES string of the molecule is CC(=O)N[C@@H](CC(C)C)C(=O)NC1(C(=O)N[C@@H](CC(C)C)C(=O)NC2(C(=O)N[C@H](CO)Cc3ccccc3)CCCCC2)CCCCC1. The van der Waals surface area contributed by atoms with Crippen LogP contribution in [0.4, 0.5) is 0 Å². The normalized spacial score (nSPS) is 19.0. The lowest BCUT2D eigenvalue weighted by Gasteiger charge is -2.40. The van der Waals surface area contributed by atoms with Gasteiger partial charge in [-0.1, -0.05) is 96.6 Å². The smallest absolute Gasteiger partial charge is 0.246 e. The van der Waals surface area contributed by atoms with Crippen molar-refractivity contribution in [2.24, 2.45) is 11.8 Å². The highest BCUT2D eigenvalue weighted by Crippen LogP contribution is 2.31. The molecule has 11 heteroatoms. The molecule has 11 nitrogen and oxygen atoms in total. The van der Waals surface area contributed by atoms with Crippen molar-refractivity contribution in [3.63, 3.8) is 0 Å². The summed E-state index contributed by atoms with van der Waals surface area (Å²) in [4.78, 5) is 67.7. The van der Waals surface area contributed by atoms with E-state index in [1.54, 1.807) is 0 Å². The highest BCUT2D eigenvalue weighted by atomic mass is 16.3. The predicted molar refractivity (Wildman–Crippen MR) is 186 cm³/mol. The molecule has 48 heavy (non-hydrogen) atoms. The quantitative estimate of drug-likeness (QED) is 0.158. The van der Waals surface area contributed by atoms with Crippen LogP contribution in [-0.4, -0.2) is 70.5 Å². The highest BCUT2D eigenvalue weighted by molar-refractivity contribution is 5.98. The number of carbonyl (C=O) groups excluding carboxylic acids is 5. The minimum Gasteiger partial charge on any atom is -0.394 e. The highest BCUT2D eigenvalue weighted by Gasteiger charge is 2.46. The van der Waals surface area contributed by atoms with Crippen LogP contribution in [0.15, 0.2) is 30.3 Å². The van der Waals surface area contributed by atoms with E-state index in [2.05, 4.69) is 26.6 Å². The maximum Gasteiger partial charge on any atom is 0.246 e. The molecule has 2 aliphatic carbocycles. The van der Waals surface area contributed by atoms with E-state index < -0.39 is 46.9 Å². The summed E-state index contributed by atoms with van der Waals surface area (Å²) in [5.41, 5.74) is -1.40. The van der Waals surface area contributed by atoms with Gasteiger partial charge in [-0.2, -0.15) is 0 Å². The lowest BCUT2D eigenvalue weighted by Crippen LogP contribution is -2.67. The second kappa shape index (κ2) is 18.3. The fourth-order valence-electron chi connectivity index (χ4n) is 7.11. The standard InChI is InChI=1S/C37H59N5O6/c1-25(2)21-30(38-27(5)44)32(45)41-37(19-13-8-14-20-37)35(48)40-31(22-26(3)4)33(46)42-36(17-11-7-12-18-36)34(47)39-29(24-43)23-28-15-9-6-10-16-28/h6,9-10,15-16,25-26,29-31,43H,7-8,11-14,17-24H2,1-5H3,(H,38,44)(H,39,47)(H,40,48)(H,41,45)(H,42,46)/t29-,30-,31-/m0/s1. The van der Waals surface area contributed by atoms with Crippen LogP contribution >= 0.6 is 0 Å². The van der Waals surface area contributed by atoms with E-state index in [-0.39, 0.29) is 30.3 Å². The van der Waals surface area contributed by atoms with E-state index in [1.165, 1.54) is 6.92 Å². The molecule has 0 aliphatic heterocycles. The van der Waals surface area contributed by atoms with Crippen LogP contribution in [0.1, 0.15) is 117 Å². The Kier molecular flexibility index (Phi) is 14.9. The van der Waals surface area contributed by atoms with Gasteiger partial charge in [0.2, 0.25) is 29.5 Å². The van der Waals surface area contributed by atoms with Crippen molar-refractivity contribution in [3.05, 3.63) is 35.9 Å². The molecule has 1 aromatic carbocycles. The fraction of sp³-hybridized carbons (Fsp3) is 0.703. The van der Waals surface area contributed by atoms with Gasteiger partial charge in [-0.3, -0.25) is 24.0 Å². The zero-order valence-corrected chi connectivity index (χ0v) is 29.7. The molecular formula is C37H59N5O6. The van der Waals surface area contributed by atoms with Gasteiger partial charge in [0, 0.05) is 6.92 Å². The van der Waals surface area contributed by atoms with Gasteiger partial charge in [0.25, 0.3) is 0 Å². The molecule has 3 atom stereocenters. The van der Waals surface area contributed by atoms with Crippen LogP contribution in [-0.2, 0) is 30.4 Å². The molecule has 6 N–H and O–H groups in total. The lowest BCUT2D eigenvalue weighted by atomic mass is 9.79. The number of rotatable bonds is 16. The largest absolute Gasteiger partial charge is 0.394 e. The summed E-state index contributed by atoms with van der Waals surface area (Å²) < 4.78 is 0. The van der Waals surface area contributed by atoms with Crippen molar-refractivity contribution in [1.82, 2.24) is 26.6 Å². The average molecular weight is 670 g/mol. The van der Waals surface area contributed by atoms with Crippen LogP contribution in [0.2, 0.25) is 0 Å². The summed E-state index contributed by atoms with van der Waals surface area (Å²) in [6, 6.07) is 7.39. The Bertz CT molecular complexity index is 1220. The summed E-state index contributed by atoms with van der Waals surface area (Å²) in [5, 5.41) is 24.9. The van der Waals surface area contributed by atoms with Gasteiger partial charge in [0.15, 0.2) is 0 Å². The number of aliphatic hydroxyl groups is 1. The summed E-state index contributed by atoms with van der Waals surface area (Å²) in [6.07, 6.45) is 7.85. The van der Waals surface area contributed by atoms with Gasteiger partial charge < -0.3 is 31.7 Å². The van der Waals surface area contributed by atoms with Gasteiger partial charge in [0.1, 0.15) is 23.2 Å². The zero-order valence-electron chi connectivity index (χ0n) is 29.7. The van der Waals surface area contributed by atoms with E-state index in [4.69, 9.17) is 0 Å². The molecule has 0 spiro atoms. The van der Waals surface area contributed by atoms with E-state index in [0.717, 1.165) is 44.1 Å². The monoisotopic (exact) mass is 669 g/mol. The molecule has 0 heterocycles. The first kappa shape index (κ1) is 39.0. The van der Waals surface area contributed by atoms with Crippen molar-refractivity contribution in [3.8, 4) is 0 Å². The van der Waals surface area contributed by atoms with Crippen LogP contribution in [0.5, 0.6) is 0 Å². The number of aliphatic hydroxyl groups excluding tert-OH is 1. The van der Waals surface area contributed by atoms with Crippen molar-refractivity contribution in [2.75, 3.05) is 6.61 Å². The maximum absolute atomic E-state index is 14.2. The summed E-state index contributed by atoms with van der Waals surface area (Å²) in [6.45, 7) is 8.98. The third-order valence-electron chi connectivity index (χ3n) is 9.62. The Balaban J connectivity index is 1.81. The number of nitrogens with one attached hydrogen (secondary N) is 5. The molecule has 0 saturated heterocycles. The van der Waals surface area contributed by atoms with E-state index in [1.807, 2.05) is 58.0 Å². The number of benzene rings is 1. The Morgan fingerprint density at radius 2 is 1.10 bits per heavy atom. The third kappa shape index (κ3) is 11.3. The van der Waals surface area contributed by atoms with Gasteiger partial charge in [0.05, 0.1) is 12.6 Å².